The summed E-state index contributed by atoms with van der Waals surface area (Å²) in [6, 6.07) is 8.51. The second-order valence-corrected chi connectivity index (χ2v) is 9.99. The lowest BCUT2D eigenvalue weighted by atomic mass is 9.98. The second kappa shape index (κ2) is 8.64. The monoisotopic (exact) mass is 455 g/mol. The highest BCUT2D eigenvalue weighted by atomic mass is 35.5. The fourth-order valence-electron chi connectivity index (χ4n) is 3.46. The highest BCUT2D eigenvalue weighted by Gasteiger charge is 2.35. The molecule has 1 fully saturated rings. The van der Waals surface area contributed by atoms with E-state index < -0.39 is 10.0 Å². The van der Waals surface area contributed by atoms with Crippen molar-refractivity contribution in [3.05, 3.63) is 57.1 Å². The van der Waals surface area contributed by atoms with E-state index in [1.807, 2.05) is 32.9 Å². The molecule has 0 bridgehead atoms. The summed E-state index contributed by atoms with van der Waals surface area (Å²) in [7, 11) is -3.83. The van der Waals surface area contributed by atoms with Crippen molar-refractivity contribution in [2.75, 3.05) is 13.1 Å². The number of esters is 1. The number of sulfonamides is 1. The summed E-state index contributed by atoms with van der Waals surface area (Å²) in [4.78, 5) is 12.6. The van der Waals surface area contributed by atoms with Gasteiger partial charge in [-0.25, -0.2) is 8.42 Å². The summed E-state index contributed by atoms with van der Waals surface area (Å²) in [6.07, 6.45) is 0.758. The van der Waals surface area contributed by atoms with Crippen LogP contribution in [0.3, 0.4) is 0 Å². The maximum absolute atomic E-state index is 13.0. The van der Waals surface area contributed by atoms with Gasteiger partial charge in [-0.05, 0) is 62.4 Å². The molecular formula is C21H23Cl2NO4S. The maximum Gasteiger partial charge on any atom is 0.314 e. The normalized spacial score (nSPS) is 16.0. The van der Waals surface area contributed by atoms with Crippen LogP contribution in [0.5, 0.6) is 5.75 Å². The molecule has 0 saturated carbocycles. The van der Waals surface area contributed by atoms with Gasteiger partial charge >= 0.3 is 5.97 Å². The molecule has 1 saturated heterocycles. The Labute approximate surface area is 181 Å². The van der Waals surface area contributed by atoms with Crippen LogP contribution in [0.25, 0.3) is 0 Å². The molecule has 3 rings (SSSR count). The van der Waals surface area contributed by atoms with Gasteiger partial charge in [0, 0.05) is 13.1 Å². The zero-order valence-electron chi connectivity index (χ0n) is 16.5. The van der Waals surface area contributed by atoms with Crippen molar-refractivity contribution >= 4 is 39.2 Å². The Hall–Kier alpha value is -1.60. The molecule has 0 aromatic heterocycles. The third-order valence-electron chi connectivity index (χ3n) is 5.38. The number of rotatable bonds is 4. The minimum atomic E-state index is -3.83. The van der Waals surface area contributed by atoms with Crippen molar-refractivity contribution in [1.29, 1.82) is 0 Å². The molecule has 2 aromatic rings. The minimum Gasteiger partial charge on any atom is -0.426 e. The zero-order chi connectivity index (χ0) is 21.3. The van der Waals surface area contributed by atoms with E-state index in [9.17, 15) is 13.2 Å². The fraction of sp³-hybridized carbons (Fsp3) is 0.381. The number of nitrogens with zero attached hydrogens (tertiary/aromatic N) is 1. The number of hydrogen-bond donors (Lipinski definition) is 0. The predicted molar refractivity (Wildman–Crippen MR) is 114 cm³/mol. The second-order valence-electron chi connectivity index (χ2n) is 7.30. The molecule has 1 aliphatic rings. The van der Waals surface area contributed by atoms with E-state index in [1.54, 1.807) is 6.07 Å². The number of hydrogen-bond acceptors (Lipinski definition) is 4. The van der Waals surface area contributed by atoms with Gasteiger partial charge in [0.25, 0.3) is 0 Å². The van der Waals surface area contributed by atoms with E-state index in [-0.39, 0.29) is 39.9 Å². The Balaban J connectivity index is 1.71. The lowest BCUT2D eigenvalue weighted by Crippen LogP contribution is -2.41. The van der Waals surface area contributed by atoms with Gasteiger partial charge < -0.3 is 4.74 Å². The maximum atomic E-state index is 13.0. The first-order chi connectivity index (χ1) is 13.6. The van der Waals surface area contributed by atoms with Gasteiger partial charge in [-0.1, -0.05) is 41.4 Å². The zero-order valence-corrected chi connectivity index (χ0v) is 18.9. The number of carbonyl (C=O) groups is 1. The van der Waals surface area contributed by atoms with Gasteiger partial charge in [-0.3, -0.25) is 4.79 Å². The van der Waals surface area contributed by atoms with Crippen molar-refractivity contribution in [3.8, 4) is 5.75 Å². The van der Waals surface area contributed by atoms with E-state index in [4.69, 9.17) is 27.9 Å². The van der Waals surface area contributed by atoms with Crippen LogP contribution < -0.4 is 4.74 Å². The molecule has 1 aliphatic heterocycles. The van der Waals surface area contributed by atoms with Crippen molar-refractivity contribution in [1.82, 2.24) is 4.31 Å². The molecule has 0 N–H and O–H groups in total. The van der Waals surface area contributed by atoms with E-state index >= 15 is 0 Å². The number of aryl methyl sites for hydroxylation is 2. The van der Waals surface area contributed by atoms with E-state index in [1.165, 1.54) is 16.4 Å². The third-order valence-corrected chi connectivity index (χ3v) is 8.24. The standard InChI is InChI=1S/C21H23Cl2NO4S/c1-13-7-8-14(2)19(15(13)3)28-21(25)16-9-11-24(12-10-16)29(26,27)20-17(22)5-4-6-18(20)23/h4-8,16H,9-12H2,1-3H3. The summed E-state index contributed by atoms with van der Waals surface area (Å²) >= 11 is 12.2. The molecule has 0 radical (unpaired) electrons. The molecule has 0 amide bonds. The summed E-state index contributed by atoms with van der Waals surface area (Å²) in [5.74, 6) is -0.0926. The quantitative estimate of drug-likeness (QED) is 0.484. The first kappa shape index (κ1) is 22.1. The molecule has 0 aliphatic carbocycles. The molecule has 5 nitrogen and oxygen atoms in total. The molecule has 0 spiro atoms. The van der Waals surface area contributed by atoms with Crippen LogP contribution in [0.4, 0.5) is 0 Å². The Morgan fingerprint density at radius 2 is 1.55 bits per heavy atom. The summed E-state index contributed by atoms with van der Waals surface area (Å²) < 4.78 is 32.9. The fourth-order valence-corrected chi connectivity index (χ4v) is 6.02. The van der Waals surface area contributed by atoms with Gasteiger partial charge in [0.2, 0.25) is 10.0 Å². The highest BCUT2D eigenvalue weighted by Crippen LogP contribution is 2.34. The van der Waals surface area contributed by atoms with Gasteiger partial charge in [-0.15, -0.1) is 0 Å². The van der Waals surface area contributed by atoms with Crippen LogP contribution >= 0.6 is 23.2 Å². The van der Waals surface area contributed by atoms with Crippen molar-refractivity contribution < 1.29 is 17.9 Å². The van der Waals surface area contributed by atoms with Crippen LogP contribution in [-0.2, 0) is 14.8 Å². The topological polar surface area (TPSA) is 63.7 Å². The molecule has 8 heteroatoms. The molecule has 2 aromatic carbocycles. The Bertz CT molecular complexity index is 1020. The molecule has 29 heavy (non-hydrogen) atoms. The summed E-state index contributed by atoms with van der Waals surface area (Å²) in [5.41, 5.74) is 2.89. The molecule has 0 unspecified atom stereocenters. The van der Waals surface area contributed by atoms with Gasteiger partial charge in [0.05, 0.1) is 16.0 Å². The van der Waals surface area contributed by atoms with Crippen LogP contribution in [0.15, 0.2) is 35.2 Å². The Morgan fingerprint density at radius 1 is 1.00 bits per heavy atom. The smallest absolute Gasteiger partial charge is 0.314 e. The Kier molecular flexibility index (Phi) is 6.58. The largest absolute Gasteiger partial charge is 0.426 e. The van der Waals surface area contributed by atoms with E-state index in [0.29, 0.717) is 18.6 Å². The van der Waals surface area contributed by atoms with Crippen molar-refractivity contribution in [3.63, 3.8) is 0 Å². The Morgan fingerprint density at radius 3 is 2.14 bits per heavy atom. The average molecular weight is 456 g/mol. The summed E-state index contributed by atoms with van der Waals surface area (Å²) in [5, 5.41) is 0.175. The molecule has 0 atom stereocenters. The first-order valence-electron chi connectivity index (χ1n) is 9.35. The number of carbonyl (C=O) groups excluding carboxylic acids is 1. The predicted octanol–water partition coefficient (Wildman–Crippen LogP) is 4.92. The van der Waals surface area contributed by atoms with Gasteiger partial charge in [0.15, 0.2) is 0 Å². The van der Waals surface area contributed by atoms with Gasteiger partial charge in [-0.2, -0.15) is 4.31 Å². The third kappa shape index (κ3) is 4.45. The van der Waals surface area contributed by atoms with Crippen LogP contribution in [0.1, 0.15) is 29.5 Å². The van der Waals surface area contributed by atoms with Crippen LogP contribution in [0, 0.1) is 26.7 Å². The summed E-state index contributed by atoms with van der Waals surface area (Å²) in [6.45, 7) is 6.20. The van der Waals surface area contributed by atoms with Crippen LogP contribution in [0.2, 0.25) is 10.0 Å². The van der Waals surface area contributed by atoms with Gasteiger partial charge in [0.1, 0.15) is 10.6 Å². The average Bonchev–Trinajstić information content (AvgIpc) is 2.68. The number of ether oxygens (including phenoxy) is 1. The van der Waals surface area contributed by atoms with Crippen LogP contribution in [-0.4, -0.2) is 31.8 Å². The molecular weight excluding hydrogens is 433 g/mol. The first-order valence-corrected chi connectivity index (χ1v) is 11.5. The minimum absolute atomic E-state index is 0.0874. The molecule has 156 valence electrons. The highest BCUT2D eigenvalue weighted by molar-refractivity contribution is 7.89. The SMILES string of the molecule is Cc1ccc(C)c(OC(=O)C2CCN(S(=O)(=O)c3c(Cl)cccc3Cl)CC2)c1C. The van der Waals surface area contributed by atoms with Crippen molar-refractivity contribution in [2.24, 2.45) is 5.92 Å². The lowest BCUT2D eigenvalue weighted by Gasteiger charge is -2.30. The molecule has 1 heterocycles. The van der Waals surface area contributed by atoms with E-state index in [2.05, 4.69) is 0 Å². The number of halogens is 2. The van der Waals surface area contributed by atoms with Crippen molar-refractivity contribution in [2.45, 2.75) is 38.5 Å². The number of benzene rings is 2. The number of piperidine rings is 1. The lowest BCUT2D eigenvalue weighted by molar-refractivity contribution is -0.140. The van der Waals surface area contributed by atoms with E-state index in [0.717, 1.165) is 16.7 Å².